The van der Waals surface area contributed by atoms with Crippen LogP contribution >= 0.6 is 26.0 Å². The number of phenolic OH excluding ortho intramolecular Hbond substituents is 1. The predicted molar refractivity (Wildman–Crippen MR) is 197 cm³/mol. The Balaban J connectivity index is 1.07. The molecule has 0 radical (unpaired) electrons. The summed E-state index contributed by atoms with van der Waals surface area (Å²) in [4.78, 5) is 49.0. The van der Waals surface area contributed by atoms with Crippen molar-refractivity contribution in [3.8, 4) is 11.5 Å². The van der Waals surface area contributed by atoms with Gasteiger partial charge in [0.2, 0.25) is 0 Å². The first-order valence-electron chi connectivity index (χ1n) is 17.5. The highest BCUT2D eigenvalue weighted by molar-refractivity contribution is 8.54. The molecule has 6 N–H and O–H groups in total. The van der Waals surface area contributed by atoms with Gasteiger partial charge in [0.25, 0.3) is 0 Å². The molecular weight excluding hydrogens is 850 g/mol. The number of aliphatic hydroxyl groups is 1. The number of phenols is 1. The number of phosphoric acid groups is 1. The fourth-order valence-corrected chi connectivity index (χ4v) is 10.7. The summed E-state index contributed by atoms with van der Waals surface area (Å²) in [6.45, 7) is -6.46. The number of carbonyl (C=O) groups is 2. The Hall–Kier alpha value is -4.58. The van der Waals surface area contributed by atoms with Crippen LogP contribution in [0.1, 0.15) is 22.1 Å². The number of imidazole rings is 1. The molecule has 0 spiro atoms. The Kier molecular flexibility index (Phi) is 11.5. The Morgan fingerprint density at radius 2 is 1.69 bits per heavy atom. The number of esters is 1. The average Bonchev–Trinajstić information content (AvgIpc) is 3.86. The van der Waals surface area contributed by atoms with Crippen molar-refractivity contribution < 1.29 is 74.9 Å². The highest BCUT2D eigenvalue weighted by Gasteiger charge is 2.56. The van der Waals surface area contributed by atoms with E-state index >= 15 is 8.78 Å². The number of fused-ring (bicyclic) bond motifs is 4. The molecule has 4 aliphatic rings. The maximum absolute atomic E-state index is 16.4. The number of ether oxygens (including phenoxy) is 3. The number of nitrogens with one attached hydrogen (secondary N) is 1. The minimum absolute atomic E-state index is 0.0247. The third kappa shape index (κ3) is 8.70. The topological polar surface area (TPSA) is 278 Å². The number of aliphatic hydroxyl groups excluding tert-OH is 1. The molecule has 0 saturated carbocycles. The lowest BCUT2D eigenvalue weighted by Gasteiger charge is -2.30. The van der Waals surface area contributed by atoms with E-state index in [0.717, 1.165) is 23.5 Å². The summed E-state index contributed by atoms with van der Waals surface area (Å²) in [6.07, 6.45) is -11.9. The third-order valence-corrected chi connectivity index (χ3v) is 14.0. The van der Waals surface area contributed by atoms with Crippen molar-refractivity contribution in [1.82, 2.24) is 29.7 Å². The molecule has 314 valence electrons. The second kappa shape index (κ2) is 16.5. The van der Waals surface area contributed by atoms with Gasteiger partial charge in [0.1, 0.15) is 54.0 Å². The van der Waals surface area contributed by atoms with E-state index < -0.39 is 95.3 Å². The lowest BCUT2D eigenvalue weighted by molar-refractivity contribution is -0.0689. The van der Waals surface area contributed by atoms with Crippen LogP contribution in [0.4, 0.5) is 19.4 Å². The molecule has 8 rings (SSSR count). The summed E-state index contributed by atoms with van der Waals surface area (Å²) in [5.41, 5.74) is 6.73. The molecule has 4 aliphatic heterocycles. The number of benzene rings is 2. The number of alkyl halides is 2. The van der Waals surface area contributed by atoms with Crippen LogP contribution in [0, 0.1) is 0 Å². The average molecular weight is 884 g/mol. The number of rotatable bonds is 7. The maximum atomic E-state index is 16.4. The first-order valence-corrected chi connectivity index (χ1v) is 22.1. The third-order valence-electron chi connectivity index (χ3n) is 9.33. The number of aromatic nitrogens is 4. The van der Waals surface area contributed by atoms with Crippen LogP contribution in [0.3, 0.4) is 0 Å². The van der Waals surface area contributed by atoms with Crippen LogP contribution in [0.2, 0.25) is 0 Å². The standard InChI is InChI=1S/C33H33F2N7O14P2S/c34-23-20-11-51-58(49,59-13-16-1-7-19(8-2-16)52-32(45)17-3-5-18(43)6-4-17)56-26-21(54-30(24(26)35)41-10-9-22(44)40-33(41)46)12-50-57(47,48)55-27(23)31(53-20)42-15-39-25-28(36)37-14-38-29(25)42/h1-10,14-15,20-24,26-27,30-31,43-44H,11-13H2,(H,40,46)(H,47,48)(H2,36,37,38)/t20-,21-,22?,23-,24-,26-,27-,30-,31-,58-/m1/s1. The monoisotopic (exact) mass is 883 g/mol. The van der Waals surface area contributed by atoms with Gasteiger partial charge in [-0.25, -0.2) is 42.5 Å². The van der Waals surface area contributed by atoms with E-state index in [4.69, 9.17) is 38.0 Å². The van der Waals surface area contributed by atoms with E-state index in [1.54, 1.807) is 0 Å². The van der Waals surface area contributed by atoms with Crippen LogP contribution in [-0.4, -0.2) is 114 Å². The molecule has 2 aromatic carbocycles. The summed E-state index contributed by atoms with van der Waals surface area (Å²) in [7, 11) is -5.27. The largest absolute Gasteiger partial charge is 0.508 e. The number of amides is 2. The van der Waals surface area contributed by atoms with E-state index in [9.17, 15) is 33.8 Å². The minimum atomic E-state index is -5.27. The Morgan fingerprint density at radius 3 is 2.44 bits per heavy atom. The number of hydrogen-bond donors (Lipinski definition) is 5. The van der Waals surface area contributed by atoms with Gasteiger partial charge < -0.3 is 40.4 Å². The lowest BCUT2D eigenvalue weighted by Crippen LogP contribution is -2.52. The Bertz CT molecular complexity index is 2350. The van der Waals surface area contributed by atoms with Crippen LogP contribution in [0.5, 0.6) is 11.5 Å². The fourth-order valence-electron chi connectivity index (χ4n) is 6.43. The SMILES string of the molecule is Nc1ncnc2c1ncn2[C@@H]1O[C@@H]2CO[P@@](=O)(SCc3ccc(OC(=O)c4ccc(O)cc4)cc3)O[C@H]3[C@@H](F)[C@H](N4C=CC(O)NC4=O)O[C@@H]3COP(=O)(O)O[C@@H]1[C@@H]2F. The predicted octanol–water partition coefficient (Wildman–Crippen LogP) is 3.45. The quantitative estimate of drug-likeness (QED) is 0.101. The van der Waals surface area contributed by atoms with E-state index in [1.807, 2.05) is 0 Å². The molecule has 0 aliphatic carbocycles. The molecule has 4 aromatic rings. The van der Waals surface area contributed by atoms with Gasteiger partial charge in [-0.3, -0.25) is 27.6 Å². The summed E-state index contributed by atoms with van der Waals surface area (Å²) >= 11 is 0.562. The van der Waals surface area contributed by atoms with Crippen molar-refractivity contribution in [2.24, 2.45) is 0 Å². The van der Waals surface area contributed by atoms with E-state index in [2.05, 4.69) is 20.3 Å². The number of phosphoric ester groups is 1. The highest BCUT2D eigenvalue weighted by Crippen LogP contribution is 2.64. The summed E-state index contributed by atoms with van der Waals surface area (Å²) in [5, 5.41) is 21.4. The van der Waals surface area contributed by atoms with Crippen molar-refractivity contribution in [1.29, 1.82) is 0 Å². The zero-order valence-electron chi connectivity index (χ0n) is 30.0. The molecule has 3 saturated heterocycles. The summed E-state index contributed by atoms with van der Waals surface area (Å²) < 4.78 is 101. The molecule has 26 heteroatoms. The van der Waals surface area contributed by atoms with E-state index in [0.29, 0.717) is 16.9 Å². The van der Waals surface area contributed by atoms with Crippen LogP contribution in [0.25, 0.3) is 11.2 Å². The second-order valence-electron chi connectivity index (χ2n) is 13.2. The number of nitrogen functional groups attached to an aromatic ring is 1. The van der Waals surface area contributed by atoms with Gasteiger partial charge in [0.15, 0.2) is 36.3 Å². The van der Waals surface area contributed by atoms with Gasteiger partial charge in [0, 0.05) is 12.0 Å². The van der Waals surface area contributed by atoms with E-state index in [1.165, 1.54) is 59.4 Å². The molecule has 2 aromatic heterocycles. The van der Waals surface area contributed by atoms with Crippen molar-refractivity contribution >= 4 is 55.0 Å². The fraction of sp³-hybridized carbons (Fsp3) is 0.364. The molecule has 11 atom stereocenters. The number of hydrogen-bond acceptors (Lipinski definition) is 18. The number of nitrogens with zero attached hydrogens (tertiary/aromatic N) is 5. The number of aromatic hydroxyl groups is 1. The number of anilines is 1. The number of nitrogens with two attached hydrogens (primary N) is 1. The maximum Gasteiger partial charge on any atom is 0.472 e. The highest BCUT2D eigenvalue weighted by atomic mass is 32.7. The smallest absolute Gasteiger partial charge is 0.472 e. The molecule has 2 amide bonds. The van der Waals surface area contributed by atoms with Gasteiger partial charge in [-0.2, -0.15) is 0 Å². The molecule has 3 fully saturated rings. The van der Waals surface area contributed by atoms with Crippen LogP contribution in [-0.2, 0) is 42.5 Å². The molecule has 2 bridgehead atoms. The number of halogens is 2. The minimum Gasteiger partial charge on any atom is -0.508 e. The van der Waals surface area contributed by atoms with Crippen molar-refractivity contribution in [2.45, 2.75) is 61.2 Å². The van der Waals surface area contributed by atoms with Crippen molar-refractivity contribution in [3.05, 3.63) is 84.6 Å². The van der Waals surface area contributed by atoms with E-state index in [-0.39, 0.29) is 39.8 Å². The molecular formula is C33H33F2N7O14P2S. The molecule has 6 heterocycles. The first-order chi connectivity index (χ1) is 28.2. The Labute approximate surface area is 335 Å². The lowest BCUT2D eigenvalue weighted by atomic mass is 10.1. The second-order valence-corrected chi connectivity index (χ2v) is 18.7. The van der Waals surface area contributed by atoms with Crippen molar-refractivity contribution in [3.63, 3.8) is 0 Å². The van der Waals surface area contributed by atoms with Crippen LogP contribution in [0.15, 0.2) is 73.5 Å². The first kappa shape index (κ1) is 41.2. The Morgan fingerprint density at radius 1 is 0.966 bits per heavy atom. The zero-order valence-corrected chi connectivity index (χ0v) is 32.6. The zero-order chi connectivity index (χ0) is 41.6. The normalized spacial score (nSPS) is 33.7. The molecule has 59 heavy (non-hydrogen) atoms. The van der Waals surface area contributed by atoms with Gasteiger partial charge in [-0.15, -0.1) is 0 Å². The van der Waals surface area contributed by atoms with Gasteiger partial charge >= 0.3 is 26.6 Å². The van der Waals surface area contributed by atoms with Crippen molar-refractivity contribution in [2.75, 3.05) is 18.9 Å². The van der Waals surface area contributed by atoms with Gasteiger partial charge in [-0.05, 0) is 59.4 Å². The molecule has 2 unspecified atom stereocenters. The molecule has 21 nitrogen and oxygen atoms in total. The van der Waals surface area contributed by atoms with Gasteiger partial charge in [-0.1, -0.05) is 12.1 Å². The van der Waals surface area contributed by atoms with Gasteiger partial charge in [0.05, 0.1) is 25.1 Å². The number of carbonyl (C=O) groups excluding carboxylic acids is 2. The number of urea groups is 1. The van der Waals surface area contributed by atoms with Crippen LogP contribution < -0.4 is 15.8 Å². The summed E-state index contributed by atoms with van der Waals surface area (Å²) in [5.74, 6) is -0.740. The summed E-state index contributed by atoms with van der Waals surface area (Å²) in [6, 6.07) is 10.4.